The lowest BCUT2D eigenvalue weighted by Crippen LogP contribution is -2.40. The van der Waals surface area contributed by atoms with Gasteiger partial charge in [-0.2, -0.15) is 5.10 Å². The van der Waals surface area contributed by atoms with Crippen LogP contribution in [0.1, 0.15) is 54.7 Å². The molecule has 1 aromatic carbocycles. The lowest BCUT2D eigenvalue weighted by Gasteiger charge is -2.35. The first-order valence-corrected chi connectivity index (χ1v) is 9.87. The van der Waals surface area contributed by atoms with Crippen molar-refractivity contribution in [2.75, 3.05) is 13.2 Å². The van der Waals surface area contributed by atoms with Crippen LogP contribution in [0.4, 0.5) is 4.39 Å². The van der Waals surface area contributed by atoms with Crippen molar-refractivity contribution in [1.29, 1.82) is 0 Å². The zero-order valence-corrected chi connectivity index (χ0v) is 15.8. The van der Waals surface area contributed by atoms with E-state index in [9.17, 15) is 9.18 Å². The van der Waals surface area contributed by atoms with Crippen molar-refractivity contribution in [3.63, 3.8) is 0 Å². The number of benzene rings is 1. The van der Waals surface area contributed by atoms with Crippen LogP contribution in [0.15, 0.2) is 24.3 Å². The van der Waals surface area contributed by atoms with E-state index in [2.05, 4.69) is 11.6 Å². The van der Waals surface area contributed by atoms with Gasteiger partial charge in [0.15, 0.2) is 0 Å². The summed E-state index contributed by atoms with van der Waals surface area (Å²) < 4.78 is 21.2. The Labute approximate surface area is 159 Å². The first-order chi connectivity index (χ1) is 13.2. The van der Waals surface area contributed by atoms with Crippen LogP contribution >= 0.6 is 0 Å². The van der Waals surface area contributed by atoms with Gasteiger partial charge < -0.3 is 9.64 Å². The van der Waals surface area contributed by atoms with Crippen molar-refractivity contribution in [1.82, 2.24) is 14.7 Å². The van der Waals surface area contributed by atoms with Gasteiger partial charge >= 0.3 is 0 Å². The predicted octanol–water partition coefficient (Wildman–Crippen LogP) is 3.41. The Balaban J connectivity index is 1.61. The fourth-order valence-electron chi connectivity index (χ4n) is 4.30. The Bertz CT molecular complexity index is 833. The number of nitrogens with zero attached hydrogens (tertiary/aromatic N) is 3. The minimum Gasteiger partial charge on any atom is -0.376 e. The van der Waals surface area contributed by atoms with E-state index in [-0.39, 0.29) is 24.2 Å². The van der Waals surface area contributed by atoms with Crippen LogP contribution in [0.3, 0.4) is 0 Å². The van der Waals surface area contributed by atoms with Crippen LogP contribution in [-0.2, 0) is 35.5 Å². The van der Waals surface area contributed by atoms with Crippen molar-refractivity contribution < 1.29 is 13.9 Å². The summed E-state index contributed by atoms with van der Waals surface area (Å²) in [6.07, 6.45) is 4.10. The Morgan fingerprint density at radius 2 is 2.26 bits per heavy atom. The summed E-state index contributed by atoms with van der Waals surface area (Å²) in [5, 5.41) is 4.87. The van der Waals surface area contributed by atoms with Gasteiger partial charge in [0.1, 0.15) is 5.82 Å². The van der Waals surface area contributed by atoms with Crippen molar-refractivity contribution in [2.24, 2.45) is 0 Å². The van der Waals surface area contributed by atoms with Crippen molar-refractivity contribution in [3.8, 4) is 0 Å². The number of aryl methyl sites for hydroxylation is 1. The van der Waals surface area contributed by atoms with Crippen molar-refractivity contribution in [2.45, 2.75) is 58.2 Å². The number of aromatic nitrogens is 2. The molecular formula is C21H26FN3O2. The molecule has 1 aromatic heterocycles. The van der Waals surface area contributed by atoms with Crippen LogP contribution in [0.2, 0.25) is 0 Å². The highest BCUT2D eigenvalue weighted by Crippen LogP contribution is 2.35. The van der Waals surface area contributed by atoms with Crippen LogP contribution in [-0.4, -0.2) is 33.7 Å². The van der Waals surface area contributed by atoms with E-state index in [4.69, 9.17) is 9.84 Å². The van der Waals surface area contributed by atoms with E-state index in [1.807, 2.05) is 4.90 Å². The van der Waals surface area contributed by atoms with Crippen molar-refractivity contribution in [3.05, 3.63) is 52.6 Å². The number of hydrogen-bond donors (Lipinski definition) is 0. The first-order valence-electron chi connectivity index (χ1n) is 9.87. The molecule has 144 valence electrons. The summed E-state index contributed by atoms with van der Waals surface area (Å²) >= 11 is 0. The van der Waals surface area contributed by atoms with Gasteiger partial charge in [-0.05, 0) is 43.9 Å². The molecule has 1 fully saturated rings. The second kappa shape index (κ2) is 7.80. The SMILES string of the molecule is CCn1nc(C2CCCCN2C(=O)Cc2cccc(F)c2)c2c1CCOC2. The molecule has 1 unspecified atom stereocenters. The van der Waals surface area contributed by atoms with Gasteiger partial charge in [0.05, 0.1) is 31.4 Å². The average molecular weight is 371 g/mol. The molecule has 4 rings (SSSR count). The number of likely N-dealkylation sites (tertiary alicyclic amines) is 1. The second-order valence-corrected chi connectivity index (χ2v) is 7.33. The lowest BCUT2D eigenvalue weighted by molar-refractivity contribution is -0.134. The summed E-state index contributed by atoms with van der Waals surface area (Å²) in [6, 6.07) is 6.30. The van der Waals surface area contributed by atoms with Gasteiger partial charge in [-0.25, -0.2) is 4.39 Å². The molecule has 1 saturated heterocycles. The molecule has 0 saturated carbocycles. The molecule has 1 amide bonds. The predicted molar refractivity (Wildman–Crippen MR) is 99.7 cm³/mol. The molecule has 27 heavy (non-hydrogen) atoms. The lowest BCUT2D eigenvalue weighted by atomic mass is 9.94. The topological polar surface area (TPSA) is 47.4 Å². The van der Waals surface area contributed by atoms with E-state index in [0.29, 0.717) is 12.2 Å². The molecule has 0 bridgehead atoms. The van der Waals surface area contributed by atoms with Gasteiger partial charge in [0.2, 0.25) is 5.91 Å². The Morgan fingerprint density at radius 3 is 3.07 bits per heavy atom. The molecule has 3 heterocycles. The molecule has 0 radical (unpaired) electrons. The number of halogens is 1. The molecule has 0 spiro atoms. The molecule has 2 aromatic rings. The third kappa shape index (κ3) is 3.63. The number of amides is 1. The number of fused-ring (bicyclic) bond motifs is 1. The monoisotopic (exact) mass is 371 g/mol. The number of carbonyl (C=O) groups excluding carboxylic acids is 1. The second-order valence-electron chi connectivity index (χ2n) is 7.33. The summed E-state index contributed by atoms with van der Waals surface area (Å²) in [7, 11) is 0. The standard InChI is InChI=1S/C21H26FN3O2/c1-2-25-18-9-11-27-14-17(18)21(23-25)19-8-3-4-10-24(19)20(26)13-15-6-5-7-16(22)12-15/h5-7,12,19H,2-4,8-11,13-14H2,1H3. The summed E-state index contributed by atoms with van der Waals surface area (Å²) in [5.74, 6) is -0.259. The molecule has 2 aliphatic rings. The third-order valence-corrected chi connectivity index (χ3v) is 5.61. The molecule has 1 atom stereocenters. The average Bonchev–Trinajstić information content (AvgIpc) is 3.07. The van der Waals surface area contributed by atoms with Crippen LogP contribution in [0.5, 0.6) is 0 Å². The summed E-state index contributed by atoms with van der Waals surface area (Å²) in [5.41, 5.74) is 4.13. The fourth-order valence-corrected chi connectivity index (χ4v) is 4.30. The van der Waals surface area contributed by atoms with E-state index in [1.54, 1.807) is 12.1 Å². The number of carbonyl (C=O) groups is 1. The smallest absolute Gasteiger partial charge is 0.227 e. The maximum Gasteiger partial charge on any atom is 0.227 e. The highest BCUT2D eigenvalue weighted by atomic mass is 19.1. The maximum absolute atomic E-state index is 13.5. The fraction of sp³-hybridized carbons (Fsp3) is 0.524. The quantitative estimate of drug-likeness (QED) is 0.827. The third-order valence-electron chi connectivity index (χ3n) is 5.61. The molecule has 5 nitrogen and oxygen atoms in total. The zero-order chi connectivity index (χ0) is 18.8. The van der Waals surface area contributed by atoms with Crippen LogP contribution < -0.4 is 0 Å². The Morgan fingerprint density at radius 1 is 1.37 bits per heavy atom. The number of rotatable bonds is 4. The number of ether oxygens (including phenoxy) is 1. The van der Waals surface area contributed by atoms with E-state index in [0.717, 1.165) is 51.1 Å². The molecule has 0 N–H and O–H groups in total. The van der Waals surface area contributed by atoms with Gasteiger partial charge in [-0.15, -0.1) is 0 Å². The Kier molecular flexibility index (Phi) is 5.25. The van der Waals surface area contributed by atoms with E-state index < -0.39 is 0 Å². The molecule has 0 aliphatic carbocycles. The molecule has 6 heteroatoms. The first kappa shape index (κ1) is 18.2. The number of hydrogen-bond acceptors (Lipinski definition) is 3. The Hall–Kier alpha value is -2.21. The van der Waals surface area contributed by atoms with E-state index in [1.165, 1.54) is 23.4 Å². The minimum absolute atomic E-state index is 0.0111. The zero-order valence-electron chi connectivity index (χ0n) is 15.8. The maximum atomic E-state index is 13.5. The highest BCUT2D eigenvalue weighted by molar-refractivity contribution is 5.79. The van der Waals surface area contributed by atoms with Crippen molar-refractivity contribution >= 4 is 5.91 Å². The minimum atomic E-state index is -0.302. The van der Waals surface area contributed by atoms with Gasteiger partial charge in [0.25, 0.3) is 0 Å². The van der Waals surface area contributed by atoms with Gasteiger partial charge in [-0.3, -0.25) is 9.48 Å². The largest absolute Gasteiger partial charge is 0.376 e. The van der Waals surface area contributed by atoms with Gasteiger partial charge in [-0.1, -0.05) is 12.1 Å². The van der Waals surface area contributed by atoms with Gasteiger partial charge in [0, 0.05) is 30.8 Å². The highest BCUT2D eigenvalue weighted by Gasteiger charge is 2.33. The van der Waals surface area contributed by atoms with Crippen LogP contribution in [0.25, 0.3) is 0 Å². The van der Waals surface area contributed by atoms with E-state index >= 15 is 0 Å². The molecular weight excluding hydrogens is 345 g/mol. The number of piperidine rings is 1. The summed E-state index contributed by atoms with van der Waals surface area (Å²) in [4.78, 5) is 15.0. The summed E-state index contributed by atoms with van der Waals surface area (Å²) in [6.45, 7) is 4.96. The molecule has 2 aliphatic heterocycles. The normalized spacial score (nSPS) is 19.8. The van der Waals surface area contributed by atoms with Crippen LogP contribution in [0, 0.1) is 5.82 Å².